The van der Waals surface area contributed by atoms with Crippen molar-refractivity contribution in [2.45, 2.75) is 51.6 Å². The second-order valence-corrected chi connectivity index (χ2v) is 7.69. The summed E-state index contributed by atoms with van der Waals surface area (Å²) >= 11 is 6.03. The van der Waals surface area contributed by atoms with Gasteiger partial charge in [-0.15, -0.1) is 24.0 Å². The maximum atomic E-state index is 6.03. The molecule has 1 saturated heterocycles. The SMILES string of the molecule is CCNC(=NCC(CC)c1ccc(Cl)cc1)N1CCC(OCCCOC)CC1.I. The van der Waals surface area contributed by atoms with Gasteiger partial charge in [-0.05, 0) is 50.3 Å². The Bertz CT molecular complexity index is 578. The topological polar surface area (TPSA) is 46.1 Å². The fourth-order valence-electron chi connectivity index (χ4n) is 3.52. The number of guanidine groups is 1. The Morgan fingerprint density at radius 3 is 2.48 bits per heavy atom. The molecule has 1 fully saturated rings. The highest BCUT2D eigenvalue weighted by Gasteiger charge is 2.22. The summed E-state index contributed by atoms with van der Waals surface area (Å²) < 4.78 is 11.1. The predicted molar refractivity (Wildman–Crippen MR) is 133 cm³/mol. The molecule has 0 aromatic heterocycles. The van der Waals surface area contributed by atoms with E-state index in [-0.39, 0.29) is 24.0 Å². The summed E-state index contributed by atoms with van der Waals surface area (Å²) in [6, 6.07) is 8.16. The fourth-order valence-corrected chi connectivity index (χ4v) is 3.64. The van der Waals surface area contributed by atoms with Crippen molar-refractivity contribution < 1.29 is 9.47 Å². The van der Waals surface area contributed by atoms with Gasteiger partial charge in [-0.2, -0.15) is 0 Å². The van der Waals surface area contributed by atoms with Crippen LogP contribution in [0.4, 0.5) is 0 Å². The molecule has 2 rings (SSSR count). The zero-order valence-corrected chi connectivity index (χ0v) is 21.1. The third kappa shape index (κ3) is 9.40. The lowest BCUT2D eigenvalue weighted by Gasteiger charge is -2.34. The Hall–Kier alpha value is -0.570. The molecule has 0 saturated carbocycles. The number of halogens is 2. The van der Waals surface area contributed by atoms with E-state index in [0.29, 0.717) is 12.0 Å². The quantitative estimate of drug-likeness (QED) is 0.199. The van der Waals surface area contributed by atoms with Gasteiger partial charge in [0.05, 0.1) is 6.10 Å². The Labute approximate surface area is 198 Å². The number of aliphatic imine (C=N–C) groups is 1. The van der Waals surface area contributed by atoms with Crippen LogP contribution >= 0.6 is 35.6 Å². The summed E-state index contributed by atoms with van der Waals surface area (Å²) in [5, 5.41) is 4.24. The van der Waals surface area contributed by atoms with Gasteiger partial charge < -0.3 is 19.7 Å². The Balaban J connectivity index is 0.00000420. The van der Waals surface area contributed by atoms with Crippen molar-refractivity contribution in [3.8, 4) is 0 Å². The van der Waals surface area contributed by atoms with Crippen LogP contribution in [0.3, 0.4) is 0 Å². The maximum absolute atomic E-state index is 6.03. The molecule has 1 aromatic carbocycles. The highest BCUT2D eigenvalue weighted by molar-refractivity contribution is 14.0. The van der Waals surface area contributed by atoms with E-state index in [1.165, 1.54) is 5.56 Å². The van der Waals surface area contributed by atoms with E-state index in [2.05, 4.69) is 36.2 Å². The molecule has 1 heterocycles. The highest BCUT2D eigenvalue weighted by Crippen LogP contribution is 2.22. The van der Waals surface area contributed by atoms with Gasteiger partial charge in [-0.3, -0.25) is 4.99 Å². The number of ether oxygens (including phenoxy) is 2. The first-order valence-electron chi connectivity index (χ1n) is 10.6. The predicted octanol–water partition coefficient (Wildman–Crippen LogP) is 4.93. The zero-order chi connectivity index (χ0) is 20.2. The van der Waals surface area contributed by atoms with E-state index in [4.69, 9.17) is 26.1 Å². The van der Waals surface area contributed by atoms with Crippen molar-refractivity contribution in [1.82, 2.24) is 10.2 Å². The molecule has 1 N–H and O–H groups in total. The van der Waals surface area contributed by atoms with Gasteiger partial charge in [-0.1, -0.05) is 30.7 Å². The molecule has 1 aliphatic heterocycles. The molecule has 166 valence electrons. The van der Waals surface area contributed by atoms with Crippen LogP contribution in [0.1, 0.15) is 51.0 Å². The average Bonchev–Trinajstić information content (AvgIpc) is 2.72. The first-order chi connectivity index (χ1) is 13.7. The molecule has 0 amide bonds. The minimum Gasteiger partial charge on any atom is -0.385 e. The van der Waals surface area contributed by atoms with Gasteiger partial charge in [0.1, 0.15) is 0 Å². The Kier molecular flexibility index (Phi) is 13.9. The molecule has 1 aliphatic rings. The summed E-state index contributed by atoms with van der Waals surface area (Å²) in [6.45, 7) is 9.52. The molecule has 0 bridgehead atoms. The van der Waals surface area contributed by atoms with Crippen LogP contribution in [-0.4, -0.2) is 63.5 Å². The van der Waals surface area contributed by atoms with Crippen molar-refractivity contribution in [1.29, 1.82) is 0 Å². The van der Waals surface area contributed by atoms with Crippen LogP contribution in [0.2, 0.25) is 5.02 Å². The van der Waals surface area contributed by atoms with Crippen LogP contribution < -0.4 is 5.32 Å². The van der Waals surface area contributed by atoms with Crippen LogP contribution in [0.25, 0.3) is 0 Å². The molecule has 1 unspecified atom stereocenters. The van der Waals surface area contributed by atoms with Crippen molar-refractivity contribution >= 4 is 41.5 Å². The van der Waals surface area contributed by atoms with Crippen molar-refractivity contribution in [2.24, 2.45) is 4.99 Å². The molecule has 1 atom stereocenters. The lowest BCUT2D eigenvalue weighted by molar-refractivity contribution is 0.00990. The number of piperidine rings is 1. The Morgan fingerprint density at radius 2 is 1.90 bits per heavy atom. The van der Waals surface area contributed by atoms with Crippen LogP contribution in [0, 0.1) is 0 Å². The van der Waals surface area contributed by atoms with Crippen LogP contribution in [-0.2, 0) is 9.47 Å². The van der Waals surface area contributed by atoms with Crippen molar-refractivity contribution in [2.75, 3.05) is 46.5 Å². The summed E-state index contributed by atoms with van der Waals surface area (Å²) in [7, 11) is 1.73. The fraction of sp³-hybridized carbons (Fsp3) is 0.682. The molecular formula is C22H37ClIN3O2. The highest BCUT2D eigenvalue weighted by atomic mass is 127. The summed E-state index contributed by atoms with van der Waals surface area (Å²) in [5.74, 6) is 1.43. The molecule has 7 heteroatoms. The van der Waals surface area contributed by atoms with Gasteiger partial charge in [-0.25, -0.2) is 0 Å². The van der Waals surface area contributed by atoms with Crippen molar-refractivity contribution in [3.05, 3.63) is 34.9 Å². The average molecular weight is 538 g/mol. The number of hydrogen-bond donors (Lipinski definition) is 1. The third-order valence-electron chi connectivity index (χ3n) is 5.22. The second-order valence-electron chi connectivity index (χ2n) is 7.25. The molecule has 5 nitrogen and oxygen atoms in total. The van der Waals surface area contributed by atoms with Gasteiger partial charge >= 0.3 is 0 Å². The zero-order valence-electron chi connectivity index (χ0n) is 18.0. The standard InChI is InChI=1S/C22H36ClN3O2.HI/c1-4-18(19-7-9-20(23)10-8-19)17-25-22(24-5-2)26-13-11-21(12-14-26)28-16-6-15-27-3;/h7-10,18,21H,4-6,11-17H2,1-3H3,(H,24,25);1H. The monoisotopic (exact) mass is 537 g/mol. The smallest absolute Gasteiger partial charge is 0.193 e. The van der Waals surface area contributed by atoms with Gasteiger partial charge in [0, 0.05) is 57.4 Å². The lowest BCUT2D eigenvalue weighted by atomic mass is 9.97. The molecule has 0 radical (unpaired) electrons. The van der Waals surface area contributed by atoms with Gasteiger partial charge in [0.25, 0.3) is 0 Å². The molecule has 0 aliphatic carbocycles. The molecular weight excluding hydrogens is 501 g/mol. The molecule has 29 heavy (non-hydrogen) atoms. The van der Waals surface area contributed by atoms with E-state index in [1.54, 1.807) is 7.11 Å². The lowest BCUT2D eigenvalue weighted by Crippen LogP contribution is -2.47. The normalized spacial score (nSPS) is 16.4. The van der Waals surface area contributed by atoms with E-state index < -0.39 is 0 Å². The largest absolute Gasteiger partial charge is 0.385 e. The minimum absolute atomic E-state index is 0. The first kappa shape index (κ1) is 26.5. The number of nitrogens with one attached hydrogen (secondary N) is 1. The Morgan fingerprint density at radius 1 is 1.21 bits per heavy atom. The van der Waals surface area contributed by atoms with E-state index in [9.17, 15) is 0 Å². The summed E-state index contributed by atoms with van der Waals surface area (Å²) in [4.78, 5) is 7.33. The number of nitrogens with zero attached hydrogens (tertiary/aromatic N) is 2. The summed E-state index contributed by atoms with van der Waals surface area (Å²) in [5.41, 5.74) is 1.30. The number of methoxy groups -OCH3 is 1. The molecule has 1 aromatic rings. The van der Waals surface area contributed by atoms with E-state index >= 15 is 0 Å². The van der Waals surface area contributed by atoms with E-state index in [1.807, 2.05) is 12.1 Å². The van der Waals surface area contributed by atoms with Crippen LogP contribution in [0.5, 0.6) is 0 Å². The van der Waals surface area contributed by atoms with Crippen LogP contribution in [0.15, 0.2) is 29.3 Å². The number of benzene rings is 1. The summed E-state index contributed by atoms with van der Waals surface area (Å²) in [6.07, 6.45) is 4.47. The molecule has 0 spiro atoms. The van der Waals surface area contributed by atoms with Gasteiger partial charge in [0.15, 0.2) is 5.96 Å². The maximum Gasteiger partial charge on any atom is 0.193 e. The number of hydrogen-bond acceptors (Lipinski definition) is 3. The number of rotatable bonds is 10. The second kappa shape index (κ2) is 15.3. The van der Waals surface area contributed by atoms with Gasteiger partial charge in [0.2, 0.25) is 0 Å². The van der Waals surface area contributed by atoms with Crippen molar-refractivity contribution in [3.63, 3.8) is 0 Å². The minimum atomic E-state index is 0. The number of likely N-dealkylation sites (tertiary alicyclic amines) is 1. The van der Waals surface area contributed by atoms with E-state index in [0.717, 1.165) is 76.1 Å². The first-order valence-corrected chi connectivity index (χ1v) is 10.9. The third-order valence-corrected chi connectivity index (χ3v) is 5.47.